The first-order valence-corrected chi connectivity index (χ1v) is 8.48. The molecule has 2 heterocycles. The molecule has 0 aliphatic carbocycles. The van der Waals surface area contributed by atoms with Crippen LogP contribution in [0.15, 0.2) is 10.8 Å². The number of hydrogen-bond donors (Lipinski definition) is 1. The molecule has 104 valence electrons. The predicted octanol–water partition coefficient (Wildman–Crippen LogP) is 4.12. The first kappa shape index (κ1) is 14.6. The average molecular weight is 295 g/mol. The Balaban J connectivity index is 2.25. The largest absolute Gasteiger partial charge is 0.302 e. The summed E-state index contributed by atoms with van der Waals surface area (Å²) < 4.78 is 0. The zero-order chi connectivity index (χ0) is 13.8. The molecule has 0 aliphatic rings. The maximum atomic E-state index is 4.77. The monoisotopic (exact) mass is 295 g/mol. The van der Waals surface area contributed by atoms with Gasteiger partial charge in [-0.25, -0.2) is 9.97 Å². The third-order valence-electron chi connectivity index (χ3n) is 2.86. The minimum atomic E-state index is 0.149. The number of nitrogens with zero attached hydrogens (tertiary/aromatic N) is 2. The highest BCUT2D eigenvalue weighted by molar-refractivity contribution is 7.11. The van der Waals surface area contributed by atoms with E-state index in [0.29, 0.717) is 5.92 Å². The summed E-state index contributed by atoms with van der Waals surface area (Å²) in [4.78, 5) is 9.39. The van der Waals surface area contributed by atoms with Crippen molar-refractivity contribution in [2.24, 2.45) is 0 Å². The predicted molar refractivity (Wildman–Crippen MR) is 83.2 cm³/mol. The van der Waals surface area contributed by atoms with E-state index in [4.69, 9.17) is 4.98 Å². The van der Waals surface area contributed by atoms with E-state index in [1.54, 1.807) is 22.7 Å². The molecule has 2 aromatic heterocycles. The molecule has 0 radical (unpaired) electrons. The van der Waals surface area contributed by atoms with E-state index in [9.17, 15) is 0 Å². The average Bonchev–Trinajstić information content (AvgIpc) is 2.99. The van der Waals surface area contributed by atoms with Crippen molar-refractivity contribution in [2.45, 2.75) is 46.1 Å². The van der Waals surface area contributed by atoms with Crippen molar-refractivity contribution in [3.8, 4) is 0 Å². The van der Waals surface area contributed by atoms with Crippen molar-refractivity contribution in [1.29, 1.82) is 0 Å². The van der Waals surface area contributed by atoms with E-state index in [2.05, 4.69) is 41.8 Å². The molecule has 0 bridgehead atoms. The molecular formula is C14H21N3S2. The molecule has 1 atom stereocenters. The molecule has 0 saturated carbocycles. The first-order chi connectivity index (χ1) is 9.11. The summed E-state index contributed by atoms with van der Waals surface area (Å²) in [6.07, 6.45) is 1.11. The van der Waals surface area contributed by atoms with E-state index in [0.717, 1.165) is 28.7 Å². The quantitative estimate of drug-likeness (QED) is 0.871. The second-order valence-corrected chi connectivity index (χ2v) is 6.76. The molecule has 1 unspecified atom stereocenters. The van der Waals surface area contributed by atoms with Crippen molar-refractivity contribution in [3.63, 3.8) is 0 Å². The Bertz CT molecular complexity index is 516. The lowest BCUT2D eigenvalue weighted by Crippen LogP contribution is -2.23. The fourth-order valence-corrected chi connectivity index (χ4v) is 3.77. The number of aromatic nitrogens is 2. The molecule has 3 nitrogen and oxygen atoms in total. The first-order valence-electron chi connectivity index (χ1n) is 6.72. The van der Waals surface area contributed by atoms with Crippen LogP contribution in [0.2, 0.25) is 0 Å². The van der Waals surface area contributed by atoms with Gasteiger partial charge in [0.2, 0.25) is 0 Å². The van der Waals surface area contributed by atoms with Gasteiger partial charge in [-0.15, -0.1) is 22.7 Å². The van der Waals surface area contributed by atoms with Gasteiger partial charge in [0, 0.05) is 16.5 Å². The molecule has 0 aromatic carbocycles. The molecule has 0 aliphatic heterocycles. The van der Waals surface area contributed by atoms with Gasteiger partial charge in [0.25, 0.3) is 0 Å². The number of nitrogens with one attached hydrogen (secondary N) is 1. The minimum Gasteiger partial charge on any atom is -0.302 e. The number of aryl methyl sites for hydroxylation is 1. The Morgan fingerprint density at radius 3 is 2.37 bits per heavy atom. The summed E-state index contributed by atoms with van der Waals surface area (Å²) in [5.74, 6) is 0.481. The van der Waals surface area contributed by atoms with E-state index >= 15 is 0 Å². The molecule has 0 amide bonds. The van der Waals surface area contributed by atoms with Gasteiger partial charge in [0.05, 0.1) is 5.69 Å². The Kier molecular flexibility index (Phi) is 5.07. The van der Waals surface area contributed by atoms with Crippen LogP contribution in [0.3, 0.4) is 0 Å². The topological polar surface area (TPSA) is 37.8 Å². The summed E-state index contributed by atoms with van der Waals surface area (Å²) >= 11 is 3.45. The van der Waals surface area contributed by atoms with Gasteiger partial charge < -0.3 is 5.32 Å². The smallest absolute Gasteiger partial charge is 0.117 e. The highest BCUT2D eigenvalue weighted by Crippen LogP contribution is 2.29. The van der Waals surface area contributed by atoms with Gasteiger partial charge in [-0.2, -0.15) is 0 Å². The van der Waals surface area contributed by atoms with Crippen LogP contribution in [0.1, 0.15) is 60.6 Å². The maximum Gasteiger partial charge on any atom is 0.117 e. The lowest BCUT2D eigenvalue weighted by molar-refractivity contribution is 0.590. The molecule has 0 fully saturated rings. The van der Waals surface area contributed by atoms with E-state index in [1.165, 1.54) is 5.69 Å². The third kappa shape index (κ3) is 3.61. The van der Waals surface area contributed by atoms with Crippen LogP contribution in [0.25, 0.3) is 0 Å². The summed E-state index contributed by atoms with van der Waals surface area (Å²) in [6, 6.07) is 0.149. The van der Waals surface area contributed by atoms with Gasteiger partial charge in [-0.1, -0.05) is 20.8 Å². The number of thiazole rings is 2. The summed E-state index contributed by atoms with van der Waals surface area (Å²) in [6.45, 7) is 9.57. The normalized spacial score (nSPS) is 13.1. The zero-order valence-corrected chi connectivity index (χ0v) is 13.6. The molecule has 2 rings (SSSR count). The number of hydrogen-bond acceptors (Lipinski definition) is 5. The molecule has 19 heavy (non-hydrogen) atoms. The minimum absolute atomic E-state index is 0.149. The van der Waals surface area contributed by atoms with Gasteiger partial charge in [-0.05, 0) is 25.8 Å². The Labute approximate surface area is 123 Å². The van der Waals surface area contributed by atoms with Crippen LogP contribution in [-0.4, -0.2) is 16.5 Å². The van der Waals surface area contributed by atoms with Gasteiger partial charge in [-0.3, -0.25) is 0 Å². The fraction of sp³-hybridized carbons (Fsp3) is 0.571. The van der Waals surface area contributed by atoms with Gasteiger partial charge in [0.1, 0.15) is 16.1 Å². The molecule has 0 saturated heterocycles. The highest BCUT2D eigenvalue weighted by atomic mass is 32.1. The van der Waals surface area contributed by atoms with Crippen LogP contribution in [-0.2, 0) is 0 Å². The van der Waals surface area contributed by atoms with Crippen LogP contribution in [0.4, 0.5) is 0 Å². The van der Waals surface area contributed by atoms with E-state index in [1.807, 2.05) is 6.92 Å². The SMILES string of the molecule is CCCNC(c1nc(C)cs1)c1nc(C(C)C)cs1. The zero-order valence-electron chi connectivity index (χ0n) is 11.9. The summed E-state index contributed by atoms with van der Waals surface area (Å²) in [7, 11) is 0. The van der Waals surface area contributed by atoms with Crippen molar-refractivity contribution < 1.29 is 0 Å². The lowest BCUT2D eigenvalue weighted by Gasteiger charge is -2.13. The Morgan fingerprint density at radius 1 is 1.16 bits per heavy atom. The Morgan fingerprint density at radius 2 is 1.84 bits per heavy atom. The van der Waals surface area contributed by atoms with E-state index in [-0.39, 0.29) is 6.04 Å². The molecule has 1 N–H and O–H groups in total. The van der Waals surface area contributed by atoms with Crippen LogP contribution < -0.4 is 5.32 Å². The van der Waals surface area contributed by atoms with Crippen molar-refractivity contribution >= 4 is 22.7 Å². The molecule has 0 spiro atoms. The van der Waals surface area contributed by atoms with Crippen molar-refractivity contribution in [2.75, 3.05) is 6.54 Å². The lowest BCUT2D eigenvalue weighted by atomic mass is 10.2. The molecule has 5 heteroatoms. The van der Waals surface area contributed by atoms with Crippen LogP contribution in [0.5, 0.6) is 0 Å². The van der Waals surface area contributed by atoms with Gasteiger partial charge >= 0.3 is 0 Å². The standard InChI is InChI=1S/C14H21N3S2/c1-5-6-15-12(13-16-10(4)7-18-13)14-17-11(8-19-14)9(2)3/h7-9,12,15H,5-6H2,1-4H3. The van der Waals surface area contributed by atoms with E-state index < -0.39 is 0 Å². The van der Waals surface area contributed by atoms with Crippen LogP contribution >= 0.6 is 22.7 Å². The second kappa shape index (κ2) is 6.59. The molecule has 2 aromatic rings. The van der Waals surface area contributed by atoms with Crippen molar-refractivity contribution in [3.05, 3.63) is 32.2 Å². The fourth-order valence-electron chi connectivity index (χ4n) is 1.77. The summed E-state index contributed by atoms with van der Waals surface area (Å²) in [5.41, 5.74) is 2.26. The number of rotatable bonds is 6. The van der Waals surface area contributed by atoms with Crippen molar-refractivity contribution in [1.82, 2.24) is 15.3 Å². The third-order valence-corrected chi connectivity index (χ3v) is 4.82. The molecular weight excluding hydrogens is 274 g/mol. The van der Waals surface area contributed by atoms with Crippen LogP contribution in [0, 0.1) is 6.92 Å². The maximum absolute atomic E-state index is 4.77. The summed E-state index contributed by atoms with van der Waals surface area (Å²) in [5, 5.41) is 10.1. The van der Waals surface area contributed by atoms with Gasteiger partial charge in [0.15, 0.2) is 0 Å². The Hall–Kier alpha value is -0.780. The second-order valence-electron chi connectivity index (χ2n) is 4.98. The highest BCUT2D eigenvalue weighted by Gasteiger charge is 2.20.